The van der Waals surface area contributed by atoms with E-state index in [1.165, 1.54) is 0 Å². The maximum Gasteiger partial charge on any atom is 0.143 e. The normalized spacial score (nSPS) is 15.6. The minimum absolute atomic E-state index is 0.0106. The Labute approximate surface area is 266 Å². The molecule has 43 heavy (non-hydrogen) atoms. The summed E-state index contributed by atoms with van der Waals surface area (Å²) in [7, 11) is 0. The summed E-state index contributed by atoms with van der Waals surface area (Å²) in [5.41, 5.74) is 3.08. The fraction of sp³-hybridized carbons (Fsp3) is 0. The van der Waals surface area contributed by atoms with Gasteiger partial charge in [-0.1, -0.05) is 133 Å². The molecule has 1 heterocycles. The first-order chi connectivity index (χ1) is 26.3. The van der Waals surface area contributed by atoms with Crippen LogP contribution >= 0.6 is 0 Å². The van der Waals surface area contributed by atoms with E-state index in [2.05, 4.69) is 0 Å². The summed E-state index contributed by atoms with van der Waals surface area (Å²) in [4.78, 5) is 0. The summed E-state index contributed by atoms with van der Waals surface area (Å²) in [5, 5.41) is 3.71. The lowest BCUT2D eigenvalue weighted by Crippen LogP contribution is -1.91. The van der Waals surface area contributed by atoms with Crippen molar-refractivity contribution in [1.29, 1.82) is 0 Å². The highest BCUT2D eigenvalue weighted by molar-refractivity contribution is 6.23. The quantitative estimate of drug-likeness (QED) is 0.197. The van der Waals surface area contributed by atoms with Crippen molar-refractivity contribution in [2.45, 2.75) is 0 Å². The Kier molecular flexibility index (Phi) is 3.29. The molecule has 0 saturated carbocycles. The Balaban J connectivity index is 1.46. The van der Waals surface area contributed by atoms with Crippen LogP contribution in [-0.2, 0) is 0 Å². The molecule has 9 rings (SSSR count). The lowest BCUT2D eigenvalue weighted by atomic mass is 9.84. The standard InChI is InChI=1S/C42H26O/c1-2-13-28(14-3-1)37-25-31(26-38-32-16-10-11-21-39(32)43-42(37)38)41-35-19-8-6-17-33(35)40(34-18-7-9-20-36(34)41)30-23-22-27-12-4-5-15-29(27)24-30/h1-26H/i1D,2D,3D,4D,5D,12D,13D,14D,15D,22D,23D,24D. The van der Waals surface area contributed by atoms with Crippen LogP contribution in [0.3, 0.4) is 0 Å². The van der Waals surface area contributed by atoms with Gasteiger partial charge >= 0.3 is 0 Å². The number of fused-ring (bicyclic) bond motifs is 6. The fourth-order valence-electron chi connectivity index (χ4n) is 6.16. The average molecular weight is 559 g/mol. The molecule has 0 bridgehead atoms. The Morgan fingerprint density at radius 3 is 1.72 bits per heavy atom. The van der Waals surface area contributed by atoms with Gasteiger partial charge in [-0.25, -0.2) is 0 Å². The number of furan rings is 1. The summed E-state index contributed by atoms with van der Waals surface area (Å²) >= 11 is 0. The summed E-state index contributed by atoms with van der Waals surface area (Å²) in [6.07, 6.45) is 0. The molecular weight excluding hydrogens is 520 g/mol. The van der Waals surface area contributed by atoms with Crippen molar-refractivity contribution in [3.63, 3.8) is 0 Å². The summed E-state index contributed by atoms with van der Waals surface area (Å²) < 4.78 is 111. The van der Waals surface area contributed by atoms with E-state index in [4.69, 9.17) is 18.1 Å². The van der Waals surface area contributed by atoms with Crippen molar-refractivity contribution < 1.29 is 20.9 Å². The van der Waals surface area contributed by atoms with Crippen molar-refractivity contribution in [2.75, 3.05) is 0 Å². The predicted molar refractivity (Wildman–Crippen MR) is 183 cm³/mol. The predicted octanol–water partition coefficient (Wildman–Crippen LogP) is 12.0. The average Bonchev–Trinajstić information content (AvgIpc) is 3.57. The highest BCUT2D eigenvalue weighted by Crippen LogP contribution is 2.46. The van der Waals surface area contributed by atoms with Gasteiger partial charge in [0.05, 0.1) is 16.4 Å². The monoisotopic (exact) mass is 558 g/mol. The summed E-state index contributed by atoms with van der Waals surface area (Å²) in [6, 6.07) is 20.7. The Bertz CT molecular complexity index is 3100. The number of para-hydroxylation sites is 1. The van der Waals surface area contributed by atoms with Crippen molar-refractivity contribution in [2.24, 2.45) is 0 Å². The van der Waals surface area contributed by atoms with Crippen molar-refractivity contribution in [3.05, 3.63) is 157 Å². The third kappa shape index (κ3) is 3.72. The van der Waals surface area contributed by atoms with E-state index in [1.807, 2.05) is 78.9 Å². The van der Waals surface area contributed by atoms with Gasteiger partial charge in [0.25, 0.3) is 0 Å². The van der Waals surface area contributed by atoms with Gasteiger partial charge in [-0.3, -0.25) is 0 Å². The van der Waals surface area contributed by atoms with Gasteiger partial charge in [-0.15, -0.1) is 0 Å². The van der Waals surface area contributed by atoms with Gasteiger partial charge < -0.3 is 4.42 Å². The first-order valence-corrected chi connectivity index (χ1v) is 13.8. The topological polar surface area (TPSA) is 13.1 Å². The van der Waals surface area contributed by atoms with E-state index in [1.54, 1.807) is 6.07 Å². The zero-order valence-corrected chi connectivity index (χ0v) is 22.5. The van der Waals surface area contributed by atoms with Gasteiger partial charge in [0.1, 0.15) is 11.2 Å². The van der Waals surface area contributed by atoms with E-state index in [9.17, 15) is 2.74 Å². The van der Waals surface area contributed by atoms with Crippen LogP contribution in [0.1, 0.15) is 16.4 Å². The number of benzene rings is 8. The van der Waals surface area contributed by atoms with E-state index in [0.29, 0.717) is 54.8 Å². The molecule has 0 radical (unpaired) electrons. The lowest BCUT2D eigenvalue weighted by Gasteiger charge is -2.18. The largest absolute Gasteiger partial charge is 0.455 e. The molecule has 1 heteroatoms. The second kappa shape index (κ2) is 9.44. The van der Waals surface area contributed by atoms with Crippen LogP contribution < -0.4 is 0 Å². The Hall–Kier alpha value is -5.66. The summed E-state index contributed by atoms with van der Waals surface area (Å²) in [5.74, 6) is 0. The number of hydrogen-bond acceptors (Lipinski definition) is 1. The van der Waals surface area contributed by atoms with E-state index in [-0.39, 0.29) is 46.1 Å². The number of rotatable bonds is 3. The molecule has 0 N–H and O–H groups in total. The first-order valence-electron chi connectivity index (χ1n) is 19.8. The molecule has 1 nitrogen and oxygen atoms in total. The van der Waals surface area contributed by atoms with Crippen LogP contribution in [-0.4, -0.2) is 0 Å². The zero-order valence-electron chi connectivity index (χ0n) is 34.5. The molecule has 9 aromatic rings. The molecule has 1 aromatic heterocycles. The Morgan fingerprint density at radius 1 is 0.442 bits per heavy atom. The third-order valence-corrected chi connectivity index (χ3v) is 7.97. The molecule has 0 fully saturated rings. The maximum absolute atomic E-state index is 9.41. The van der Waals surface area contributed by atoms with Gasteiger partial charge in [0.15, 0.2) is 0 Å². The highest BCUT2D eigenvalue weighted by atomic mass is 16.3. The first kappa shape index (κ1) is 15.0. The zero-order chi connectivity index (χ0) is 38.8. The second-order valence-electron chi connectivity index (χ2n) is 10.3. The maximum atomic E-state index is 9.41. The molecule has 0 aliphatic heterocycles. The lowest BCUT2D eigenvalue weighted by molar-refractivity contribution is 0.670. The van der Waals surface area contributed by atoms with E-state index in [0.717, 1.165) is 10.9 Å². The van der Waals surface area contributed by atoms with Crippen LogP contribution in [0.25, 0.3) is 87.6 Å². The smallest absolute Gasteiger partial charge is 0.143 e. The number of hydrogen-bond donors (Lipinski definition) is 0. The molecule has 0 amide bonds. The van der Waals surface area contributed by atoms with Gasteiger partial charge in [-0.2, -0.15) is 0 Å². The second-order valence-corrected chi connectivity index (χ2v) is 10.3. The molecule has 0 aliphatic carbocycles. The van der Waals surface area contributed by atoms with Crippen LogP contribution in [0.5, 0.6) is 0 Å². The highest BCUT2D eigenvalue weighted by Gasteiger charge is 2.20. The molecule has 0 aliphatic rings. The van der Waals surface area contributed by atoms with E-state index < -0.39 is 48.3 Å². The molecule has 0 atom stereocenters. The molecule has 0 unspecified atom stereocenters. The minimum Gasteiger partial charge on any atom is -0.455 e. The molecule has 8 aromatic carbocycles. The fourth-order valence-corrected chi connectivity index (χ4v) is 6.16. The molecular formula is C42H26O. The Morgan fingerprint density at radius 2 is 1.02 bits per heavy atom. The van der Waals surface area contributed by atoms with Gasteiger partial charge in [-0.05, 0) is 84.4 Å². The molecule has 200 valence electrons. The SMILES string of the molecule is [2H]c1c([2H])c([2H])c(-c2cc(-c3c4ccccc4c(-c4c([2H])c([2H])c5c([2H])c([2H])c([2H])c([2H])c5c4[2H])c4ccccc34)cc3c2oc2ccccc23)c([2H])c1[2H]. The van der Waals surface area contributed by atoms with Crippen molar-refractivity contribution in [3.8, 4) is 33.4 Å². The van der Waals surface area contributed by atoms with Crippen LogP contribution in [0.4, 0.5) is 0 Å². The van der Waals surface area contributed by atoms with Crippen LogP contribution in [0, 0.1) is 0 Å². The van der Waals surface area contributed by atoms with Crippen molar-refractivity contribution in [1.82, 2.24) is 0 Å². The van der Waals surface area contributed by atoms with Gasteiger partial charge in [0, 0.05) is 16.3 Å². The van der Waals surface area contributed by atoms with Crippen LogP contribution in [0.15, 0.2) is 162 Å². The third-order valence-electron chi connectivity index (χ3n) is 7.97. The van der Waals surface area contributed by atoms with Crippen molar-refractivity contribution >= 4 is 54.3 Å². The molecule has 0 spiro atoms. The van der Waals surface area contributed by atoms with E-state index >= 15 is 0 Å². The minimum atomic E-state index is -0.539. The summed E-state index contributed by atoms with van der Waals surface area (Å²) in [6.45, 7) is 0. The van der Waals surface area contributed by atoms with Crippen LogP contribution in [0.2, 0.25) is 0 Å². The molecule has 0 saturated heterocycles. The van der Waals surface area contributed by atoms with Gasteiger partial charge in [0.2, 0.25) is 0 Å².